The van der Waals surface area contributed by atoms with E-state index in [-0.39, 0.29) is 11.1 Å². The van der Waals surface area contributed by atoms with Crippen molar-refractivity contribution < 1.29 is 19.1 Å². The lowest BCUT2D eigenvalue weighted by Crippen LogP contribution is -2.27. The van der Waals surface area contributed by atoms with Crippen molar-refractivity contribution in [2.24, 2.45) is 0 Å². The Labute approximate surface area is 217 Å². The number of ether oxygens (including phenoxy) is 2. The molecule has 0 N–H and O–H groups in total. The van der Waals surface area contributed by atoms with Gasteiger partial charge in [0, 0.05) is 3.57 Å². The second-order valence-corrected chi connectivity index (χ2v) is 10.2. The number of rotatable bonds is 6. The molecule has 0 radical (unpaired) electrons. The quantitative estimate of drug-likeness (QED) is 0.216. The van der Waals surface area contributed by atoms with Crippen LogP contribution >= 0.6 is 56.9 Å². The standard InChI is InChI=1S/C24H17I2NO4S/c1-30-20-12-16(11-19(26)22(20)31-14-15-7-9-17(25)10-8-15)13-21-23(28)27(24(29)32-21)18-5-3-2-4-6-18/h2-13H,14H2,1H3/b21-13-. The van der Waals surface area contributed by atoms with Crippen LogP contribution in [0.5, 0.6) is 11.5 Å². The van der Waals surface area contributed by atoms with E-state index in [0.29, 0.717) is 28.7 Å². The number of thioether (sulfide) groups is 1. The zero-order chi connectivity index (χ0) is 22.7. The molecule has 8 heteroatoms. The number of halogens is 2. The van der Waals surface area contributed by atoms with Crippen molar-refractivity contribution >= 4 is 79.9 Å². The van der Waals surface area contributed by atoms with Crippen LogP contribution in [0.25, 0.3) is 6.08 Å². The molecule has 0 bridgehead atoms. The monoisotopic (exact) mass is 669 g/mol. The first-order valence-electron chi connectivity index (χ1n) is 9.54. The van der Waals surface area contributed by atoms with Gasteiger partial charge in [0.05, 0.1) is 21.3 Å². The Balaban J connectivity index is 1.57. The van der Waals surface area contributed by atoms with E-state index in [9.17, 15) is 9.59 Å². The molecule has 0 atom stereocenters. The molecule has 3 aromatic carbocycles. The Morgan fingerprint density at radius 2 is 1.72 bits per heavy atom. The van der Waals surface area contributed by atoms with E-state index < -0.39 is 0 Å². The molecular weight excluding hydrogens is 652 g/mol. The molecular formula is C24H17I2NO4S. The third-order valence-electron chi connectivity index (χ3n) is 4.65. The fraction of sp³-hybridized carbons (Fsp3) is 0.0833. The zero-order valence-corrected chi connectivity index (χ0v) is 22.0. The summed E-state index contributed by atoms with van der Waals surface area (Å²) in [5, 5.41) is -0.313. The lowest BCUT2D eigenvalue weighted by atomic mass is 10.1. The first-order chi connectivity index (χ1) is 15.5. The highest BCUT2D eigenvalue weighted by atomic mass is 127. The van der Waals surface area contributed by atoms with Gasteiger partial charge in [-0.25, -0.2) is 4.90 Å². The zero-order valence-electron chi connectivity index (χ0n) is 16.9. The average Bonchev–Trinajstić information content (AvgIpc) is 3.07. The van der Waals surface area contributed by atoms with Gasteiger partial charge in [0.1, 0.15) is 6.61 Å². The number of amides is 2. The summed E-state index contributed by atoms with van der Waals surface area (Å²) < 4.78 is 13.6. The summed E-state index contributed by atoms with van der Waals surface area (Å²) in [5.41, 5.74) is 2.37. The summed E-state index contributed by atoms with van der Waals surface area (Å²) in [6.07, 6.45) is 1.71. The van der Waals surface area contributed by atoms with Crippen molar-refractivity contribution in [1.82, 2.24) is 0 Å². The van der Waals surface area contributed by atoms with E-state index in [4.69, 9.17) is 9.47 Å². The van der Waals surface area contributed by atoms with E-state index in [1.807, 2.05) is 42.5 Å². The Hall–Kier alpha value is -2.05. The third kappa shape index (κ3) is 5.12. The lowest BCUT2D eigenvalue weighted by molar-refractivity contribution is -0.113. The number of nitrogens with zero attached hydrogens (tertiary/aromatic N) is 1. The number of imide groups is 1. The summed E-state index contributed by atoms with van der Waals surface area (Å²) in [7, 11) is 1.58. The van der Waals surface area contributed by atoms with Crippen molar-refractivity contribution in [3.63, 3.8) is 0 Å². The topological polar surface area (TPSA) is 55.8 Å². The third-order valence-corrected chi connectivity index (χ3v) is 7.04. The molecule has 1 aliphatic heterocycles. The van der Waals surface area contributed by atoms with E-state index in [1.165, 1.54) is 8.47 Å². The van der Waals surface area contributed by atoms with Crippen LogP contribution in [0.15, 0.2) is 71.6 Å². The molecule has 0 aromatic heterocycles. The Kier molecular flexibility index (Phi) is 7.41. The molecule has 0 aliphatic carbocycles. The fourth-order valence-corrected chi connectivity index (χ4v) is 5.10. The molecule has 1 aliphatic rings. The first kappa shape index (κ1) is 23.1. The van der Waals surface area contributed by atoms with Crippen LogP contribution in [0.1, 0.15) is 11.1 Å². The summed E-state index contributed by atoms with van der Waals surface area (Å²) >= 11 is 5.38. The molecule has 1 fully saturated rings. The summed E-state index contributed by atoms with van der Waals surface area (Å²) in [5.74, 6) is 0.872. The highest BCUT2D eigenvalue weighted by molar-refractivity contribution is 14.1. The minimum atomic E-state index is -0.334. The second-order valence-electron chi connectivity index (χ2n) is 6.80. The van der Waals surface area contributed by atoms with Crippen LogP contribution in [-0.4, -0.2) is 18.3 Å². The highest BCUT2D eigenvalue weighted by Crippen LogP contribution is 2.38. The summed E-state index contributed by atoms with van der Waals surface area (Å²) in [6.45, 7) is 0.415. The molecule has 1 heterocycles. The Bertz CT molecular complexity index is 1200. The smallest absolute Gasteiger partial charge is 0.298 e. The number of methoxy groups -OCH3 is 1. The first-order valence-corrected chi connectivity index (χ1v) is 12.5. The van der Waals surface area contributed by atoms with Crippen LogP contribution in [0.2, 0.25) is 0 Å². The molecule has 0 spiro atoms. The predicted molar refractivity (Wildman–Crippen MR) is 144 cm³/mol. The van der Waals surface area contributed by atoms with Gasteiger partial charge in [0.15, 0.2) is 11.5 Å². The summed E-state index contributed by atoms with van der Waals surface area (Å²) in [6, 6.07) is 20.8. The molecule has 2 amide bonds. The van der Waals surface area contributed by atoms with Crippen LogP contribution < -0.4 is 14.4 Å². The highest BCUT2D eigenvalue weighted by Gasteiger charge is 2.36. The van der Waals surface area contributed by atoms with Gasteiger partial charge >= 0.3 is 0 Å². The van der Waals surface area contributed by atoms with Crippen molar-refractivity contribution in [3.05, 3.63) is 89.9 Å². The van der Waals surface area contributed by atoms with Crippen LogP contribution in [0.3, 0.4) is 0 Å². The van der Waals surface area contributed by atoms with Gasteiger partial charge in [0.2, 0.25) is 0 Å². The molecule has 1 saturated heterocycles. The second kappa shape index (κ2) is 10.3. The molecule has 0 unspecified atom stereocenters. The predicted octanol–water partition coefficient (Wildman–Crippen LogP) is 6.72. The fourth-order valence-electron chi connectivity index (χ4n) is 3.12. The largest absolute Gasteiger partial charge is 0.493 e. The number of hydrogen-bond acceptors (Lipinski definition) is 5. The Morgan fingerprint density at radius 1 is 1.00 bits per heavy atom. The SMILES string of the molecule is COc1cc(/C=C2\SC(=O)N(c3ccccc3)C2=O)cc(I)c1OCc1ccc(I)cc1. The normalized spacial score (nSPS) is 14.8. The minimum absolute atomic E-state index is 0.313. The molecule has 0 saturated carbocycles. The van der Waals surface area contributed by atoms with E-state index in [0.717, 1.165) is 26.5 Å². The number of hydrogen-bond donors (Lipinski definition) is 0. The van der Waals surface area contributed by atoms with Crippen molar-refractivity contribution in [1.29, 1.82) is 0 Å². The molecule has 162 valence electrons. The number of anilines is 1. The van der Waals surface area contributed by atoms with Crippen LogP contribution in [0, 0.1) is 7.14 Å². The molecule has 5 nitrogen and oxygen atoms in total. The molecule has 32 heavy (non-hydrogen) atoms. The molecule has 4 rings (SSSR count). The van der Waals surface area contributed by atoms with Crippen LogP contribution in [-0.2, 0) is 11.4 Å². The maximum atomic E-state index is 12.9. The van der Waals surface area contributed by atoms with Gasteiger partial charge in [0.25, 0.3) is 11.1 Å². The van der Waals surface area contributed by atoms with Crippen molar-refractivity contribution in [2.45, 2.75) is 6.61 Å². The van der Waals surface area contributed by atoms with Crippen LogP contribution in [0.4, 0.5) is 10.5 Å². The van der Waals surface area contributed by atoms with Gasteiger partial charge in [-0.15, -0.1) is 0 Å². The molecule has 3 aromatic rings. The average molecular weight is 669 g/mol. The van der Waals surface area contributed by atoms with Crippen molar-refractivity contribution in [2.75, 3.05) is 12.0 Å². The number of benzene rings is 3. The van der Waals surface area contributed by atoms with Gasteiger partial charge in [-0.1, -0.05) is 30.3 Å². The van der Waals surface area contributed by atoms with Gasteiger partial charge in [-0.2, -0.15) is 0 Å². The number of para-hydroxylation sites is 1. The van der Waals surface area contributed by atoms with Gasteiger partial charge in [-0.3, -0.25) is 9.59 Å². The lowest BCUT2D eigenvalue weighted by Gasteiger charge is -2.14. The minimum Gasteiger partial charge on any atom is -0.493 e. The van der Waals surface area contributed by atoms with E-state index >= 15 is 0 Å². The van der Waals surface area contributed by atoms with E-state index in [2.05, 4.69) is 45.2 Å². The Morgan fingerprint density at radius 3 is 2.41 bits per heavy atom. The number of carbonyl (C=O) groups excluding carboxylic acids is 2. The van der Waals surface area contributed by atoms with E-state index in [1.54, 1.807) is 37.5 Å². The number of carbonyl (C=O) groups is 2. The summed E-state index contributed by atoms with van der Waals surface area (Å²) in [4.78, 5) is 26.9. The van der Waals surface area contributed by atoms with Gasteiger partial charge in [-0.05, 0) is 111 Å². The maximum absolute atomic E-state index is 12.9. The maximum Gasteiger partial charge on any atom is 0.298 e. The van der Waals surface area contributed by atoms with Gasteiger partial charge < -0.3 is 9.47 Å². The van der Waals surface area contributed by atoms with Crippen molar-refractivity contribution in [3.8, 4) is 11.5 Å².